The highest BCUT2D eigenvalue weighted by molar-refractivity contribution is 5.78. The normalized spacial score (nSPS) is 20.5. The number of hydrogen-bond donors (Lipinski definition) is 1. The summed E-state index contributed by atoms with van der Waals surface area (Å²) in [5.74, 6) is 0.184. The fraction of sp³-hybridized carbons (Fsp3) is 0.333. The van der Waals surface area contributed by atoms with Crippen molar-refractivity contribution >= 4 is 12.1 Å². The second kappa shape index (κ2) is 4.34. The number of ether oxygens (including phenoxy) is 3. The maximum atomic E-state index is 11.5. The van der Waals surface area contributed by atoms with Gasteiger partial charge in [0.2, 0.25) is 6.79 Å². The monoisotopic (exact) mass is 265 g/mol. The Morgan fingerprint density at radius 1 is 1.37 bits per heavy atom. The van der Waals surface area contributed by atoms with E-state index >= 15 is 0 Å². The predicted octanol–water partition coefficient (Wildman–Crippen LogP) is 0.993. The molecule has 0 aromatic heterocycles. The molecule has 0 bridgehead atoms. The number of fused-ring (bicyclic) bond motifs is 1. The molecule has 1 aromatic rings. The van der Waals surface area contributed by atoms with Crippen LogP contribution in [0.25, 0.3) is 0 Å². The second-order valence-corrected chi connectivity index (χ2v) is 4.26. The number of carboxylic acid groups (broad SMARTS) is 1. The lowest BCUT2D eigenvalue weighted by Gasteiger charge is -2.10. The lowest BCUT2D eigenvalue weighted by atomic mass is 10.1. The molecule has 2 aliphatic heterocycles. The summed E-state index contributed by atoms with van der Waals surface area (Å²) in [5.41, 5.74) is 0.755. The van der Waals surface area contributed by atoms with Crippen LogP contribution in [0.3, 0.4) is 0 Å². The van der Waals surface area contributed by atoms with E-state index in [9.17, 15) is 9.59 Å². The van der Waals surface area contributed by atoms with Crippen molar-refractivity contribution in [3.8, 4) is 11.5 Å². The Morgan fingerprint density at radius 3 is 2.95 bits per heavy atom. The molecular formula is C12H11NO6. The summed E-state index contributed by atoms with van der Waals surface area (Å²) in [6, 6.07) is 5.26. The van der Waals surface area contributed by atoms with Gasteiger partial charge in [0, 0.05) is 0 Å². The third-order valence-corrected chi connectivity index (χ3v) is 2.98. The van der Waals surface area contributed by atoms with E-state index in [1.807, 2.05) is 0 Å². The van der Waals surface area contributed by atoms with Crippen LogP contribution in [-0.4, -0.2) is 42.0 Å². The maximum absolute atomic E-state index is 11.5. The highest BCUT2D eigenvalue weighted by Gasteiger charge is 2.34. The summed E-state index contributed by atoms with van der Waals surface area (Å²) in [7, 11) is 0. The molecule has 19 heavy (non-hydrogen) atoms. The van der Waals surface area contributed by atoms with Crippen molar-refractivity contribution in [3.05, 3.63) is 23.8 Å². The number of carboxylic acids is 1. The first-order valence-corrected chi connectivity index (χ1v) is 5.70. The lowest BCUT2D eigenvalue weighted by Crippen LogP contribution is -2.30. The molecule has 0 saturated carbocycles. The van der Waals surface area contributed by atoms with E-state index in [1.165, 1.54) is 0 Å². The van der Waals surface area contributed by atoms with E-state index in [2.05, 4.69) is 0 Å². The van der Waals surface area contributed by atoms with Gasteiger partial charge >= 0.3 is 12.1 Å². The fourth-order valence-corrected chi connectivity index (χ4v) is 2.09. The minimum absolute atomic E-state index is 0.175. The number of hydrogen-bond acceptors (Lipinski definition) is 5. The van der Waals surface area contributed by atoms with E-state index in [0.717, 1.165) is 10.5 Å². The van der Waals surface area contributed by atoms with Crippen molar-refractivity contribution in [1.29, 1.82) is 0 Å². The summed E-state index contributed by atoms with van der Waals surface area (Å²) < 4.78 is 15.6. The zero-order chi connectivity index (χ0) is 13.4. The molecule has 0 radical (unpaired) electrons. The number of nitrogens with zero attached hydrogens (tertiary/aromatic N) is 1. The van der Waals surface area contributed by atoms with Gasteiger partial charge in [0.25, 0.3) is 0 Å². The van der Waals surface area contributed by atoms with E-state index in [4.69, 9.17) is 19.3 Å². The van der Waals surface area contributed by atoms with Gasteiger partial charge in [0.15, 0.2) is 11.5 Å². The van der Waals surface area contributed by atoms with Crippen LogP contribution in [0, 0.1) is 0 Å². The van der Waals surface area contributed by atoms with Crippen molar-refractivity contribution < 1.29 is 28.9 Å². The fourth-order valence-electron chi connectivity index (χ4n) is 2.09. The third-order valence-electron chi connectivity index (χ3n) is 2.98. The molecule has 0 spiro atoms. The molecule has 7 heteroatoms. The van der Waals surface area contributed by atoms with Gasteiger partial charge in [-0.2, -0.15) is 0 Å². The average molecular weight is 265 g/mol. The van der Waals surface area contributed by atoms with Crippen LogP contribution in [0.2, 0.25) is 0 Å². The average Bonchev–Trinajstić information content (AvgIpc) is 2.95. The predicted molar refractivity (Wildman–Crippen MR) is 61.0 cm³/mol. The molecule has 2 heterocycles. The molecule has 1 saturated heterocycles. The number of carbonyl (C=O) groups is 2. The SMILES string of the molecule is O=C(O)CN1CC(c2ccc3c(c2)OCO3)OC1=O. The van der Waals surface area contributed by atoms with Gasteiger partial charge in [0.1, 0.15) is 12.6 Å². The van der Waals surface area contributed by atoms with E-state index in [1.54, 1.807) is 18.2 Å². The van der Waals surface area contributed by atoms with E-state index in [0.29, 0.717) is 11.5 Å². The van der Waals surface area contributed by atoms with Gasteiger partial charge < -0.3 is 19.3 Å². The molecule has 3 rings (SSSR count). The van der Waals surface area contributed by atoms with E-state index < -0.39 is 18.2 Å². The molecular weight excluding hydrogens is 254 g/mol. The quantitative estimate of drug-likeness (QED) is 0.877. The lowest BCUT2D eigenvalue weighted by molar-refractivity contribution is -0.137. The smallest absolute Gasteiger partial charge is 0.411 e. The number of aliphatic carboxylic acids is 1. The summed E-state index contributed by atoms with van der Waals surface area (Å²) >= 11 is 0. The molecule has 1 fully saturated rings. The molecule has 0 aliphatic carbocycles. The van der Waals surface area contributed by atoms with Crippen LogP contribution in [0.4, 0.5) is 4.79 Å². The highest BCUT2D eigenvalue weighted by Crippen LogP contribution is 2.36. The standard InChI is InChI=1S/C12H11NO6/c14-11(15)5-13-4-10(19-12(13)16)7-1-2-8-9(3-7)18-6-17-8/h1-3,10H,4-6H2,(H,14,15). The molecule has 1 unspecified atom stereocenters. The van der Waals surface area contributed by atoms with Gasteiger partial charge in [-0.25, -0.2) is 4.79 Å². The van der Waals surface area contributed by atoms with Crippen LogP contribution < -0.4 is 9.47 Å². The third kappa shape index (κ3) is 2.14. The van der Waals surface area contributed by atoms with Gasteiger partial charge in [-0.05, 0) is 17.7 Å². The maximum Gasteiger partial charge on any atom is 0.411 e. The molecule has 1 aromatic carbocycles. The second-order valence-electron chi connectivity index (χ2n) is 4.26. The van der Waals surface area contributed by atoms with Crippen LogP contribution in [0.1, 0.15) is 11.7 Å². The molecule has 1 N–H and O–H groups in total. The molecule has 1 atom stereocenters. The first-order chi connectivity index (χ1) is 9.13. The zero-order valence-electron chi connectivity index (χ0n) is 9.87. The summed E-state index contributed by atoms with van der Waals surface area (Å²) in [6.07, 6.45) is -1.11. The van der Waals surface area contributed by atoms with Gasteiger partial charge in [-0.3, -0.25) is 9.69 Å². The van der Waals surface area contributed by atoms with Crippen molar-refractivity contribution in [2.24, 2.45) is 0 Å². The molecule has 7 nitrogen and oxygen atoms in total. The Bertz CT molecular complexity index is 543. The molecule has 2 aliphatic rings. The van der Waals surface area contributed by atoms with Crippen LogP contribution in [0.15, 0.2) is 18.2 Å². The number of carbonyl (C=O) groups excluding carboxylic acids is 1. The van der Waals surface area contributed by atoms with Crippen LogP contribution >= 0.6 is 0 Å². The van der Waals surface area contributed by atoms with Crippen LogP contribution in [0.5, 0.6) is 11.5 Å². The number of benzene rings is 1. The van der Waals surface area contributed by atoms with Crippen molar-refractivity contribution in [1.82, 2.24) is 4.90 Å². The summed E-state index contributed by atoms with van der Waals surface area (Å²) in [4.78, 5) is 23.3. The topological polar surface area (TPSA) is 85.3 Å². The Kier molecular flexibility index (Phi) is 2.66. The van der Waals surface area contributed by atoms with Gasteiger partial charge in [-0.1, -0.05) is 6.07 Å². The van der Waals surface area contributed by atoms with Crippen LogP contribution in [-0.2, 0) is 9.53 Å². The van der Waals surface area contributed by atoms with Crippen molar-refractivity contribution in [3.63, 3.8) is 0 Å². The van der Waals surface area contributed by atoms with Gasteiger partial charge in [-0.15, -0.1) is 0 Å². The first-order valence-electron chi connectivity index (χ1n) is 5.70. The van der Waals surface area contributed by atoms with E-state index in [-0.39, 0.29) is 19.9 Å². The largest absolute Gasteiger partial charge is 0.480 e. The Balaban J connectivity index is 1.77. The number of amides is 1. The number of rotatable bonds is 3. The Morgan fingerprint density at radius 2 is 2.16 bits per heavy atom. The zero-order valence-corrected chi connectivity index (χ0v) is 9.87. The molecule has 1 amide bonds. The molecule has 100 valence electrons. The Labute approximate surface area is 108 Å². The highest BCUT2D eigenvalue weighted by atomic mass is 16.7. The number of cyclic esters (lactones) is 1. The minimum Gasteiger partial charge on any atom is -0.480 e. The van der Waals surface area contributed by atoms with Crippen molar-refractivity contribution in [2.45, 2.75) is 6.10 Å². The summed E-state index contributed by atoms with van der Waals surface area (Å²) in [6.45, 7) is 0.0268. The first kappa shape index (κ1) is 11.6. The summed E-state index contributed by atoms with van der Waals surface area (Å²) in [5, 5.41) is 8.69. The van der Waals surface area contributed by atoms with Gasteiger partial charge in [0.05, 0.1) is 6.54 Å². The minimum atomic E-state index is -1.07. The van der Waals surface area contributed by atoms with Crippen molar-refractivity contribution in [2.75, 3.05) is 19.9 Å². The Hall–Kier alpha value is -2.44.